The summed E-state index contributed by atoms with van der Waals surface area (Å²) >= 11 is 6.32. The van der Waals surface area contributed by atoms with E-state index in [4.69, 9.17) is 22.1 Å². The predicted molar refractivity (Wildman–Crippen MR) is 96.7 cm³/mol. The Bertz CT molecular complexity index is 889. The van der Waals surface area contributed by atoms with Crippen molar-refractivity contribution < 1.29 is 22.3 Å². The second kappa shape index (κ2) is 7.58. The predicted octanol–water partition coefficient (Wildman–Crippen LogP) is 2.65. The van der Waals surface area contributed by atoms with Crippen molar-refractivity contribution >= 4 is 29.1 Å². The highest BCUT2D eigenvalue weighted by molar-refractivity contribution is 6.32. The molecule has 0 amide bonds. The van der Waals surface area contributed by atoms with Crippen LogP contribution in [-0.2, 0) is 10.9 Å². The van der Waals surface area contributed by atoms with Gasteiger partial charge in [-0.05, 0) is 6.42 Å². The second-order valence-corrected chi connectivity index (χ2v) is 7.33. The Morgan fingerprint density at radius 1 is 1.28 bits per heavy atom. The van der Waals surface area contributed by atoms with E-state index < -0.39 is 29.8 Å². The van der Waals surface area contributed by atoms with Gasteiger partial charge in [-0.2, -0.15) is 23.3 Å². The Kier molecular flexibility index (Phi) is 5.25. The second-order valence-electron chi connectivity index (χ2n) is 6.97. The minimum absolute atomic E-state index is 0.111. The standard InChI is InChI=1S/C16H18ClF4N7O/c17-13-11(25-15-23-3-9(14(22)26-15)16(19,20)21)4-24-28(13)12-1-2-27(5-10(12)18)8-6-29-7-8/h3-4,8,10,12H,1-2,5-7H2,(H3,22,23,25,26)/t10-,12?/m0/s1. The van der Waals surface area contributed by atoms with Crippen LogP contribution < -0.4 is 11.1 Å². The summed E-state index contributed by atoms with van der Waals surface area (Å²) in [6.07, 6.45) is -3.38. The van der Waals surface area contributed by atoms with Gasteiger partial charge in [0.25, 0.3) is 0 Å². The molecule has 0 radical (unpaired) electrons. The van der Waals surface area contributed by atoms with Crippen LogP contribution >= 0.6 is 11.6 Å². The summed E-state index contributed by atoms with van der Waals surface area (Å²) in [5.41, 5.74) is 4.48. The van der Waals surface area contributed by atoms with Gasteiger partial charge in [-0.25, -0.2) is 14.1 Å². The monoisotopic (exact) mass is 435 g/mol. The fourth-order valence-corrected chi connectivity index (χ4v) is 3.68. The first-order valence-corrected chi connectivity index (χ1v) is 9.27. The molecule has 4 rings (SSSR count). The van der Waals surface area contributed by atoms with Gasteiger partial charge in [0, 0.05) is 19.3 Å². The van der Waals surface area contributed by atoms with Crippen LogP contribution in [-0.4, -0.2) is 63.2 Å². The van der Waals surface area contributed by atoms with Crippen molar-refractivity contribution in [3.63, 3.8) is 0 Å². The van der Waals surface area contributed by atoms with Crippen LogP contribution in [0.2, 0.25) is 5.15 Å². The maximum atomic E-state index is 14.8. The van der Waals surface area contributed by atoms with Crippen molar-refractivity contribution in [2.24, 2.45) is 0 Å². The smallest absolute Gasteiger partial charge is 0.383 e. The number of alkyl halides is 4. The van der Waals surface area contributed by atoms with Crippen LogP contribution in [0, 0.1) is 0 Å². The lowest BCUT2D eigenvalue weighted by Crippen LogP contribution is -2.55. The number of nitrogen functional groups attached to an aromatic ring is 1. The molecule has 158 valence electrons. The third-order valence-corrected chi connectivity index (χ3v) is 5.47. The van der Waals surface area contributed by atoms with Crippen molar-refractivity contribution in [3.8, 4) is 0 Å². The maximum absolute atomic E-state index is 14.8. The lowest BCUT2D eigenvalue weighted by atomic mass is 10.0. The third kappa shape index (κ3) is 3.96. The molecule has 2 atom stereocenters. The SMILES string of the molecule is Nc1nc(Nc2cnn(C3CCN(C4COC4)C[C@@H]3F)c2Cl)ncc1C(F)(F)F. The van der Waals surface area contributed by atoms with E-state index in [1.54, 1.807) is 0 Å². The summed E-state index contributed by atoms with van der Waals surface area (Å²) in [7, 11) is 0. The molecular formula is C16H18ClF4N7O. The summed E-state index contributed by atoms with van der Waals surface area (Å²) in [6.45, 7) is 2.18. The summed E-state index contributed by atoms with van der Waals surface area (Å²) in [6, 6.07) is -0.296. The number of nitrogens with one attached hydrogen (secondary N) is 1. The van der Waals surface area contributed by atoms with Gasteiger partial charge in [-0.15, -0.1) is 0 Å². The fourth-order valence-electron chi connectivity index (χ4n) is 3.41. The Morgan fingerprint density at radius 2 is 2.03 bits per heavy atom. The largest absolute Gasteiger partial charge is 0.421 e. The first-order chi connectivity index (χ1) is 13.7. The summed E-state index contributed by atoms with van der Waals surface area (Å²) in [5, 5.41) is 6.93. The van der Waals surface area contributed by atoms with Crippen LogP contribution in [0.4, 0.5) is 35.0 Å². The Labute approximate surface area is 168 Å². The number of hydrogen-bond acceptors (Lipinski definition) is 7. The molecule has 4 heterocycles. The number of rotatable bonds is 4. The first-order valence-electron chi connectivity index (χ1n) is 8.89. The highest BCUT2D eigenvalue weighted by atomic mass is 35.5. The Hall–Kier alpha value is -2.18. The highest BCUT2D eigenvalue weighted by Gasteiger charge is 2.37. The van der Waals surface area contributed by atoms with Gasteiger partial charge in [-0.3, -0.25) is 4.90 Å². The molecule has 0 bridgehead atoms. The van der Waals surface area contributed by atoms with E-state index in [2.05, 4.69) is 25.3 Å². The zero-order valence-corrected chi connectivity index (χ0v) is 15.8. The molecule has 2 aliphatic heterocycles. The third-order valence-electron chi connectivity index (χ3n) is 5.09. The molecule has 2 aromatic rings. The van der Waals surface area contributed by atoms with Crippen LogP contribution in [0.5, 0.6) is 0 Å². The van der Waals surface area contributed by atoms with Crippen LogP contribution in [0.3, 0.4) is 0 Å². The topological polar surface area (TPSA) is 94.1 Å². The molecule has 0 aromatic carbocycles. The van der Waals surface area contributed by atoms with E-state index in [1.807, 2.05) is 0 Å². The molecule has 0 saturated carbocycles. The lowest BCUT2D eigenvalue weighted by Gasteiger charge is -2.42. The van der Waals surface area contributed by atoms with E-state index in [-0.39, 0.29) is 29.4 Å². The van der Waals surface area contributed by atoms with Gasteiger partial charge in [0.15, 0.2) is 5.15 Å². The number of aromatic nitrogens is 4. The summed E-state index contributed by atoms with van der Waals surface area (Å²) in [4.78, 5) is 9.27. The number of nitrogens with two attached hydrogens (primary N) is 1. The van der Waals surface area contributed by atoms with Crippen LogP contribution in [0.1, 0.15) is 18.0 Å². The number of anilines is 3. The van der Waals surface area contributed by atoms with Gasteiger partial charge >= 0.3 is 6.18 Å². The van der Waals surface area contributed by atoms with Crippen LogP contribution in [0.25, 0.3) is 0 Å². The molecule has 13 heteroatoms. The van der Waals surface area contributed by atoms with Gasteiger partial charge < -0.3 is 15.8 Å². The van der Waals surface area contributed by atoms with E-state index in [0.717, 1.165) is 0 Å². The normalized spacial score (nSPS) is 23.8. The molecule has 2 saturated heterocycles. The van der Waals surface area contributed by atoms with Gasteiger partial charge in [0.2, 0.25) is 5.95 Å². The summed E-state index contributed by atoms with van der Waals surface area (Å²) in [5.74, 6) is -0.886. The van der Waals surface area contributed by atoms with Gasteiger partial charge in [-0.1, -0.05) is 11.6 Å². The van der Waals surface area contributed by atoms with Crippen LogP contribution in [0.15, 0.2) is 12.4 Å². The molecule has 2 aromatic heterocycles. The maximum Gasteiger partial charge on any atom is 0.421 e. The average Bonchev–Trinajstić information content (AvgIpc) is 2.93. The van der Waals surface area contributed by atoms with Crippen molar-refractivity contribution in [1.82, 2.24) is 24.6 Å². The number of piperidine rings is 1. The lowest BCUT2D eigenvalue weighted by molar-refractivity contribution is -0.137. The minimum Gasteiger partial charge on any atom is -0.383 e. The quantitative estimate of drug-likeness (QED) is 0.713. The van der Waals surface area contributed by atoms with Gasteiger partial charge in [0.05, 0.1) is 37.2 Å². The highest BCUT2D eigenvalue weighted by Crippen LogP contribution is 2.35. The Morgan fingerprint density at radius 3 is 2.62 bits per heavy atom. The zero-order valence-electron chi connectivity index (χ0n) is 15.0. The first kappa shape index (κ1) is 20.1. The number of hydrogen-bond donors (Lipinski definition) is 2. The van der Waals surface area contributed by atoms with E-state index in [1.165, 1.54) is 10.9 Å². The molecule has 3 N–H and O–H groups in total. The number of ether oxygens (including phenoxy) is 1. The molecule has 8 nitrogen and oxygen atoms in total. The number of likely N-dealkylation sites (tertiary alicyclic amines) is 1. The minimum atomic E-state index is -4.65. The number of nitrogens with zero attached hydrogens (tertiary/aromatic N) is 5. The average molecular weight is 436 g/mol. The van der Waals surface area contributed by atoms with Crippen molar-refractivity contribution in [2.75, 3.05) is 37.4 Å². The molecule has 0 spiro atoms. The molecule has 2 fully saturated rings. The molecule has 1 unspecified atom stereocenters. The molecule has 29 heavy (non-hydrogen) atoms. The van der Waals surface area contributed by atoms with Crippen molar-refractivity contribution in [3.05, 3.63) is 23.1 Å². The Balaban J connectivity index is 1.47. The van der Waals surface area contributed by atoms with Gasteiger partial charge in [0.1, 0.15) is 17.6 Å². The van der Waals surface area contributed by atoms with Crippen molar-refractivity contribution in [1.29, 1.82) is 0 Å². The van der Waals surface area contributed by atoms with E-state index in [0.29, 0.717) is 32.4 Å². The van der Waals surface area contributed by atoms with E-state index in [9.17, 15) is 17.6 Å². The van der Waals surface area contributed by atoms with Crippen molar-refractivity contribution in [2.45, 2.75) is 30.9 Å². The zero-order chi connectivity index (χ0) is 20.8. The molecular weight excluding hydrogens is 418 g/mol. The molecule has 0 aliphatic carbocycles. The fraction of sp³-hybridized carbons (Fsp3) is 0.562. The number of halogens is 5. The molecule has 2 aliphatic rings. The summed E-state index contributed by atoms with van der Waals surface area (Å²) < 4.78 is 59.6. The van der Waals surface area contributed by atoms with E-state index >= 15 is 0 Å².